The molecule has 7 heteroatoms. The minimum Gasteiger partial charge on any atom is -0.444 e. The Morgan fingerprint density at radius 1 is 1.11 bits per heavy atom. The molecule has 1 aromatic carbocycles. The summed E-state index contributed by atoms with van der Waals surface area (Å²) in [5.41, 5.74) is -0.731. The lowest BCUT2D eigenvalue weighted by atomic mass is 9.83. The summed E-state index contributed by atoms with van der Waals surface area (Å²) in [5.74, 6) is -0.216. The Labute approximate surface area is 167 Å². The van der Waals surface area contributed by atoms with Gasteiger partial charge in [0.1, 0.15) is 11.1 Å². The van der Waals surface area contributed by atoms with E-state index >= 15 is 0 Å². The first-order valence-electron chi connectivity index (χ1n) is 9.56. The van der Waals surface area contributed by atoms with E-state index in [0.717, 1.165) is 5.56 Å². The van der Waals surface area contributed by atoms with Crippen molar-refractivity contribution in [1.29, 1.82) is 0 Å². The standard InChI is InChI=1S/C21H31N3O4/c1-20(2,3)28-19(27)22(4)15-11-10-14-21(16-12-8-7-9-13-16)17(25)23(5)18(26)24(21)6/h7-9,12-13H,10-11,14-15H2,1-6H3. The van der Waals surface area contributed by atoms with Crippen LogP contribution in [0.15, 0.2) is 30.3 Å². The average Bonchev–Trinajstić information content (AvgIpc) is 2.80. The Morgan fingerprint density at radius 2 is 1.71 bits per heavy atom. The highest BCUT2D eigenvalue weighted by atomic mass is 16.6. The molecule has 7 nitrogen and oxygen atoms in total. The lowest BCUT2D eigenvalue weighted by Gasteiger charge is -2.33. The summed E-state index contributed by atoms with van der Waals surface area (Å²) in [6.07, 6.45) is 1.50. The van der Waals surface area contributed by atoms with Gasteiger partial charge >= 0.3 is 12.1 Å². The number of imide groups is 1. The third kappa shape index (κ3) is 4.29. The van der Waals surface area contributed by atoms with Gasteiger partial charge in [0.15, 0.2) is 0 Å². The summed E-state index contributed by atoms with van der Waals surface area (Å²) >= 11 is 0. The van der Waals surface area contributed by atoms with E-state index in [-0.39, 0.29) is 18.0 Å². The number of ether oxygens (including phenoxy) is 1. The fraction of sp³-hybridized carbons (Fsp3) is 0.571. The van der Waals surface area contributed by atoms with E-state index < -0.39 is 11.1 Å². The molecule has 4 amide bonds. The second kappa shape index (κ2) is 8.20. The number of urea groups is 1. The molecule has 0 spiro atoms. The van der Waals surface area contributed by atoms with E-state index in [2.05, 4.69) is 0 Å². The maximum Gasteiger partial charge on any atom is 0.410 e. The second-order valence-corrected chi connectivity index (χ2v) is 8.29. The zero-order chi connectivity index (χ0) is 21.1. The summed E-state index contributed by atoms with van der Waals surface area (Å²) in [7, 11) is 4.89. The number of hydrogen-bond acceptors (Lipinski definition) is 4. The van der Waals surface area contributed by atoms with E-state index in [0.29, 0.717) is 25.8 Å². The van der Waals surface area contributed by atoms with Gasteiger partial charge in [0, 0.05) is 27.7 Å². The molecule has 1 aliphatic heterocycles. The second-order valence-electron chi connectivity index (χ2n) is 8.29. The number of carbonyl (C=O) groups excluding carboxylic acids is 3. The van der Waals surface area contributed by atoms with E-state index in [1.165, 1.54) is 21.7 Å². The van der Waals surface area contributed by atoms with Gasteiger partial charge in [-0.3, -0.25) is 9.69 Å². The van der Waals surface area contributed by atoms with Crippen LogP contribution >= 0.6 is 0 Å². The molecule has 28 heavy (non-hydrogen) atoms. The predicted molar refractivity (Wildman–Crippen MR) is 107 cm³/mol. The number of hydrogen-bond donors (Lipinski definition) is 0. The van der Waals surface area contributed by atoms with Crippen molar-refractivity contribution < 1.29 is 19.1 Å². The van der Waals surface area contributed by atoms with Crippen molar-refractivity contribution in [2.75, 3.05) is 27.7 Å². The van der Waals surface area contributed by atoms with Gasteiger partial charge in [0.2, 0.25) is 0 Å². The molecule has 0 bridgehead atoms. The first kappa shape index (κ1) is 21.7. The number of amides is 4. The molecule has 1 unspecified atom stereocenters. The molecule has 2 rings (SSSR count). The van der Waals surface area contributed by atoms with E-state index in [1.807, 2.05) is 51.1 Å². The minimum absolute atomic E-state index is 0.216. The van der Waals surface area contributed by atoms with Gasteiger partial charge in [-0.2, -0.15) is 0 Å². The van der Waals surface area contributed by atoms with Gasteiger partial charge in [-0.05, 0) is 45.6 Å². The van der Waals surface area contributed by atoms with E-state index in [9.17, 15) is 14.4 Å². The van der Waals surface area contributed by atoms with Crippen molar-refractivity contribution in [2.45, 2.75) is 51.2 Å². The maximum atomic E-state index is 13.0. The Balaban J connectivity index is 2.07. The van der Waals surface area contributed by atoms with Crippen LogP contribution in [0.4, 0.5) is 9.59 Å². The van der Waals surface area contributed by atoms with Crippen LogP contribution in [0.1, 0.15) is 45.6 Å². The van der Waals surface area contributed by atoms with Crippen LogP contribution in [0.2, 0.25) is 0 Å². The first-order chi connectivity index (χ1) is 13.0. The topological polar surface area (TPSA) is 70.2 Å². The van der Waals surface area contributed by atoms with Crippen LogP contribution in [0.3, 0.4) is 0 Å². The molecule has 1 aromatic rings. The Hall–Kier alpha value is -2.57. The molecule has 1 fully saturated rings. The van der Waals surface area contributed by atoms with Gasteiger partial charge in [-0.1, -0.05) is 30.3 Å². The zero-order valence-corrected chi connectivity index (χ0v) is 17.7. The fourth-order valence-electron chi connectivity index (χ4n) is 3.51. The maximum absolute atomic E-state index is 13.0. The number of nitrogens with zero attached hydrogens (tertiary/aromatic N) is 3. The SMILES string of the molecule is CN(CCCCC1(c2ccccc2)C(=O)N(C)C(=O)N1C)C(=O)OC(C)(C)C. The quantitative estimate of drug-likeness (QED) is 0.552. The number of benzene rings is 1. The summed E-state index contributed by atoms with van der Waals surface area (Å²) in [6.45, 7) is 6.01. The Kier molecular flexibility index (Phi) is 6.37. The Morgan fingerprint density at radius 3 is 2.21 bits per heavy atom. The normalized spacial score (nSPS) is 19.9. The highest BCUT2D eigenvalue weighted by Crippen LogP contribution is 2.39. The van der Waals surface area contributed by atoms with Crippen LogP contribution in [0.5, 0.6) is 0 Å². The van der Waals surface area contributed by atoms with Crippen LogP contribution in [0, 0.1) is 0 Å². The first-order valence-corrected chi connectivity index (χ1v) is 9.56. The Bertz CT molecular complexity index is 729. The van der Waals surface area contributed by atoms with Gasteiger partial charge in [-0.15, -0.1) is 0 Å². The highest BCUT2D eigenvalue weighted by molar-refractivity contribution is 6.07. The molecule has 0 N–H and O–H groups in total. The third-order valence-electron chi connectivity index (χ3n) is 5.04. The number of likely N-dealkylation sites (N-methyl/N-ethyl adjacent to an activating group) is 2. The third-order valence-corrected chi connectivity index (χ3v) is 5.04. The van der Waals surface area contributed by atoms with Gasteiger partial charge < -0.3 is 14.5 Å². The monoisotopic (exact) mass is 389 g/mol. The van der Waals surface area contributed by atoms with E-state index in [4.69, 9.17) is 4.74 Å². The van der Waals surface area contributed by atoms with Gasteiger partial charge in [0.25, 0.3) is 5.91 Å². The zero-order valence-electron chi connectivity index (χ0n) is 17.7. The summed E-state index contributed by atoms with van der Waals surface area (Å²) in [5, 5.41) is 0. The van der Waals surface area contributed by atoms with Gasteiger partial charge in [-0.25, -0.2) is 9.59 Å². The van der Waals surface area contributed by atoms with Crippen LogP contribution < -0.4 is 0 Å². The highest BCUT2D eigenvalue weighted by Gasteiger charge is 2.54. The molecule has 1 saturated heterocycles. The van der Waals surface area contributed by atoms with Crippen molar-refractivity contribution in [3.8, 4) is 0 Å². The predicted octanol–water partition coefficient (Wildman–Crippen LogP) is 3.44. The van der Waals surface area contributed by atoms with Crippen molar-refractivity contribution >= 4 is 18.0 Å². The number of unbranched alkanes of at least 4 members (excludes halogenated alkanes) is 1. The molecule has 0 saturated carbocycles. The van der Waals surface area contributed by atoms with Gasteiger partial charge in [0.05, 0.1) is 0 Å². The number of carbonyl (C=O) groups is 3. The lowest BCUT2D eigenvalue weighted by molar-refractivity contribution is -0.133. The molecule has 1 atom stereocenters. The largest absolute Gasteiger partial charge is 0.444 e. The molecule has 0 aliphatic carbocycles. The average molecular weight is 389 g/mol. The van der Waals surface area contributed by atoms with Crippen molar-refractivity contribution in [3.63, 3.8) is 0 Å². The smallest absolute Gasteiger partial charge is 0.410 e. The minimum atomic E-state index is -1.00. The molecular formula is C21H31N3O4. The molecular weight excluding hydrogens is 358 g/mol. The summed E-state index contributed by atoms with van der Waals surface area (Å²) < 4.78 is 5.35. The van der Waals surface area contributed by atoms with Crippen LogP contribution in [-0.4, -0.2) is 66.0 Å². The van der Waals surface area contributed by atoms with Crippen LogP contribution in [-0.2, 0) is 15.1 Å². The molecule has 1 aliphatic rings. The van der Waals surface area contributed by atoms with Crippen molar-refractivity contribution in [3.05, 3.63) is 35.9 Å². The molecule has 0 aromatic heterocycles. The lowest BCUT2D eigenvalue weighted by Crippen LogP contribution is -2.45. The van der Waals surface area contributed by atoms with Crippen molar-refractivity contribution in [1.82, 2.24) is 14.7 Å². The van der Waals surface area contributed by atoms with Crippen molar-refractivity contribution in [2.24, 2.45) is 0 Å². The van der Waals surface area contributed by atoms with E-state index in [1.54, 1.807) is 14.1 Å². The van der Waals surface area contributed by atoms with Crippen LogP contribution in [0.25, 0.3) is 0 Å². The molecule has 1 heterocycles. The molecule has 0 radical (unpaired) electrons. The summed E-state index contributed by atoms with van der Waals surface area (Å²) in [6, 6.07) is 9.09. The summed E-state index contributed by atoms with van der Waals surface area (Å²) in [4.78, 5) is 41.8. The fourth-order valence-corrected chi connectivity index (χ4v) is 3.51. The molecule has 154 valence electrons. The number of rotatable bonds is 6.